The Hall–Kier alpha value is -1.23. The van der Waals surface area contributed by atoms with E-state index < -0.39 is 11.7 Å². The molecule has 0 saturated carbocycles. The number of hydrogen-bond donors (Lipinski definition) is 1. The van der Waals surface area contributed by atoms with Crippen LogP contribution in [0.4, 0.5) is 13.2 Å². The number of alkyl halides is 3. The molecule has 0 radical (unpaired) electrons. The molecule has 5 heteroatoms. The Balaban J connectivity index is 2.66. The van der Waals surface area contributed by atoms with Gasteiger partial charge in [0.1, 0.15) is 5.75 Å². The summed E-state index contributed by atoms with van der Waals surface area (Å²) in [6.07, 6.45) is -3.70. The largest absolute Gasteiger partial charge is 0.494 e. The van der Waals surface area contributed by atoms with Crippen molar-refractivity contribution in [2.24, 2.45) is 5.73 Å². The third-order valence-electron chi connectivity index (χ3n) is 1.78. The highest BCUT2D eigenvalue weighted by atomic mass is 19.4. The first-order valence-electron chi connectivity index (χ1n) is 4.54. The quantitative estimate of drug-likeness (QED) is 0.789. The van der Waals surface area contributed by atoms with E-state index >= 15 is 0 Å². The summed E-state index contributed by atoms with van der Waals surface area (Å²) in [5, 5.41) is 0. The third-order valence-corrected chi connectivity index (χ3v) is 1.78. The maximum absolute atomic E-state index is 12.3. The Bertz CT molecular complexity index is 312. The lowest BCUT2D eigenvalue weighted by atomic mass is 10.2. The van der Waals surface area contributed by atoms with Crippen LogP contribution < -0.4 is 10.5 Å². The molecule has 0 amide bonds. The molecule has 0 heterocycles. The second-order valence-corrected chi connectivity index (χ2v) is 3.02. The second kappa shape index (κ2) is 5.02. The molecule has 1 aromatic carbocycles. The molecule has 0 fully saturated rings. The second-order valence-electron chi connectivity index (χ2n) is 3.02. The Morgan fingerprint density at radius 1 is 1.27 bits per heavy atom. The Kier molecular flexibility index (Phi) is 3.96. The van der Waals surface area contributed by atoms with Gasteiger partial charge in [-0.1, -0.05) is 6.07 Å². The lowest BCUT2D eigenvalue weighted by molar-refractivity contribution is -0.137. The number of halogens is 3. The summed E-state index contributed by atoms with van der Waals surface area (Å²) in [6.45, 7) is 0.788. The molecule has 0 aliphatic heterocycles. The van der Waals surface area contributed by atoms with E-state index in [1.807, 2.05) is 0 Å². The average Bonchev–Trinajstić information content (AvgIpc) is 2.17. The van der Waals surface area contributed by atoms with Gasteiger partial charge in [0.05, 0.1) is 12.2 Å². The van der Waals surface area contributed by atoms with Crippen molar-refractivity contribution in [3.05, 3.63) is 29.8 Å². The molecule has 0 aliphatic carbocycles. The Labute approximate surface area is 85.8 Å². The maximum atomic E-state index is 12.3. The molecular formula is C10H12F3NO. The molecule has 0 aromatic heterocycles. The molecule has 2 nitrogen and oxygen atoms in total. The van der Waals surface area contributed by atoms with Crippen molar-refractivity contribution in [1.82, 2.24) is 0 Å². The first-order chi connectivity index (χ1) is 7.04. The third kappa shape index (κ3) is 3.79. The van der Waals surface area contributed by atoms with Crippen molar-refractivity contribution in [2.75, 3.05) is 13.2 Å². The summed E-state index contributed by atoms with van der Waals surface area (Å²) in [4.78, 5) is 0. The van der Waals surface area contributed by atoms with Crippen LogP contribution in [0.25, 0.3) is 0 Å². The van der Waals surface area contributed by atoms with Crippen LogP contribution in [0.5, 0.6) is 5.75 Å². The molecule has 1 rings (SSSR count). The molecule has 84 valence electrons. The van der Waals surface area contributed by atoms with Crippen LogP contribution in [0.3, 0.4) is 0 Å². The number of hydrogen-bond acceptors (Lipinski definition) is 2. The van der Waals surface area contributed by atoms with E-state index in [1.165, 1.54) is 12.1 Å². The minimum Gasteiger partial charge on any atom is -0.494 e. The summed E-state index contributed by atoms with van der Waals surface area (Å²) >= 11 is 0. The van der Waals surface area contributed by atoms with Gasteiger partial charge in [-0.15, -0.1) is 0 Å². The van der Waals surface area contributed by atoms with Crippen molar-refractivity contribution in [2.45, 2.75) is 12.6 Å². The molecule has 0 saturated heterocycles. The van der Waals surface area contributed by atoms with E-state index in [9.17, 15) is 13.2 Å². The van der Waals surface area contributed by atoms with Crippen molar-refractivity contribution < 1.29 is 17.9 Å². The van der Waals surface area contributed by atoms with Crippen LogP contribution in [0.15, 0.2) is 24.3 Å². The highest BCUT2D eigenvalue weighted by Gasteiger charge is 2.30. The topological polar surface area (TPSA) is 35.2 Å². The molecule has 0 spiro atoms. The molecule has 1 aromatic rings. The molecule has 0 unspecified atom stereocenters. The van der Waals surface area contributed by atoms with E-state index in [-0.39, 0.29) is 5.75 Å². The molecule has 0 atom stereocenters. The normalized spacial score (nSPS) is 11.5. The van der Waals surface area contributed by atoms with Crippen molar-refractivity contribution in [3.8, 4) is 5.75 Å². The SMILES string of the molecule is NCCCOc1cccc(C(F)(F)F)c1. The summed E-state index contributed by atoms with van der Waals surface area (Å²) in [5.41, 5.74) is 4.53. The summed E-state index contributed by atoms with van der Waals surface area (Å²) in [7, 11) is 0. The van der Waals surface area contributed by atoms with Crippen molar-refractivity contribution in [3.63, 3.8) is 0 Å². The van der Waals surface area contributed by atoms with Crippen molar-refractivity contribution >= 4 is 0 Å². The van der Waals surface area contributed by atoms with Crippen LogP contribution in [0.1, 0.15) is 12.0 Å². The Morgan fingerprint density at radius 3 is 2.60 bits per heavy atom. The smallest absolute Gasteiger partial charge is 0.416 e. The van der Waals surface area contributed by atoms with Gasteiger partial charge < -0.3 is 10.5 Å². The fourth-order valence-electron chi connectivity index (χ4n) is 1.04. The summed E-state index contributed by atoms with van der Waals surface area (Å²) < 4.78 is 41.9. The lowest BCUT2D eigenvalue weighted by Crippen LogP contribution is -2.08. The van der Waals surface area contributed by atoms with Gasteiger partial charge in [0.15, 0.2) is 0 Å². The van der Waals surface area contributed by atoms with Gasteiger partial charge in [-0.25, -0.2) is 0 Å². The van der Waals surface area contributed by atoms with Crippen LogP contribution in [0, 0.1) is 0 Å². The van der Waals surface area contributed by atoms with Gasteiger partial charge >= 0.3 is 6.18 Å². The zero-order chi connectivity index (χ0) is 11.3. The maximum Gasteiger partial charge on any atom is 0.416 e. The van der Waals surface area contributed by atoms with Crippen LogP contribution in [-0.2, 0) is 6.18 Å². The highest BCUT2D eigenvalue weighted by molar-refractivity contribution is 5.30. The zero-order valence-corrected chi connectivity index (χ0v) is 8.05. The molecule has 0 aliphatic rings. The van der Waals surface area contributed by atoms with E-state index in [2.05, 4.69) is 0 Å². The fraction of sp³-hybridized carbons (Fsp3) is 0.400. The molecule has 2 N–H and O–H groups in total. The summed E-state index contributed by atoms with van der Waals surface area (Å²) in [5.74, 6) is 0.221. The molecule has 0 bridgehead atoms. The van der Waals surface area contributed by atoms with Crippen LogP contribution in [-0.4, -0.2) is 13.2 Å². The van der Waals surface area contributed by atoms with Crippen LogP contribution in [0.2, 0.25) is 0 Å². The van der Waals surface area contributed by atoms with Gasteiger partial charge in [0.2, 0.25) is 0 Å². The van der Waals surface area contributed by atoms with Gasteiger partial charge in [-0.05, 0) is 31.2 Å². The monoisotopic (exact) mass is 219 g/mol. The number of rotatable bonds is 4. The number of nitrogens with two attached hydrogens (primary N) is 1. The zero-order valence-electron chi connectivity index (χ0n) is 8.05. The van der Waals surface area contributed by atoms with E-state index in [1.54, 1.807) is 0 Å². The van der Waals surface area contributed by atoms with Crippen LogP contribution >= 0.6 is 0 Å². The fourth-order valence-corrected chi connectivity index (χ4v) is 1.04. The first kappa shape index (κ1) is 11.8. The van der Waals surface area contributed by atoms with Gasteiger partial charge in [-0.2, -0.15) is 13.2 Å². The van der Waals surface area contributed by atoms with E-state index in [0.717, 1.165) is 12.1 Å². The minimum atomic E-state index is -4.33. The first-order valence-corrected chi connectivity index (χ1v) is 4.54. The summed E-state index contributed by atoms with van der Waals surface area (Å²) in [6, 6.07) is 4.80. The molecule has 15 heavy (non-hydrogen) atoms. The molecular weight excluding hydrogens is 207 g/mol. The number of benzene rings is 1. The predicted molar refractivity (Wildman–Crippen MR) is 50.6 cm³/mol. The van der Waals surface area contributed by atoms with E-state index in [0.29, 0.717) is 19.6 Å². The standard InChI is InChI=1S/C10H12F3NO/c11-10(12,13)8-3-1-4-9(7-8)15-6-2-5-14/h1,3-4,7H,2,5-6,14H2. The minimum absolute atomic E-state index is 0.221. The average molecular weight is 219 g/mol. The van der Waals surface area contributed by atoms with Gasteiger partial charge in [-0.3, -0.25) is 0 Å². The highest BCUT2D eigenvalue weighted by Crippen LogP contribution is 2.31. The van der Waals surface area contributed by atoms with Gasteiger partial charge in [0, 0.05) is 0 Å². The number of ether oxygens (including phenoxy) is 1. The van der Waals surface area contributed by atoms with Crippen molar-refractivity contribution in [1.29, 1.82) is 0 Å². The lowest BCUT2D eigenvalue weighted by Gasteiger charge is -2.09. The van der Waals surface area contributed by atoms with Gasteiger partial charge in [0.25, 0.3) is 0 Å². The predicted octanol–water partition coefficient (Wildman–Crippen LogP) is 2.43. The Morgan fingerprint density at radius 2 is 2.00 bits per heavy atom. The van der Waals surface area contributed by atoms with E-state index in [4.69, 9.17) is 10.5 Å².